The number of benzene rings is 3. The molecule has 3 N–H and O–H groups in total. The minimum absolute atomic E-state index is 0.0993. The summed E-state index contributed by atoms with van der Waals surface area (Å²) in [5.74, 6) is 1.66. The van der Waals surface area contributed by atoms with Gasteiger partial charge < -0.3 is 15.8 Å². The molecule has 0 aliphatic rings. The van der Waals surface area contributed by atoms with Crippen molar-refractivity contribution in [2.75, 3.05) is 37.4 Å². The first-order chi connectivity index (χ1) is 17.9. The predicted octanol–water partition coefficient (Wildman–Crippen LogP) is 3.29. The Morgan fingerprint density at radius 1 is 1.00 bits per heavy atom. The maximum absolute atomic E-state index is 11.2. The van der Waals surface area contributed by atoms with Crippen molar-refractivity contribution in [3.8, 4) is 17.1 Å². The van der Waals surface area contributed by atoms with Crippen LogP contribution in [0.2, 0.25) is 0 Å². The molecule has 0 saturated heterocycles. The lowest BCUT2D eigenvalue weighted by atomic mass is 10.1. The van der Waals surface area contributed by atoms with E-state index in [1.54, 1.807) is 0 Å². The van der Waals surface area contributed by atoms with E-state index < -0.39 is 9.84 Å². The molecular formula is C27H28N6O3S. The van der Waals surface area contributed by atoms with Crippen molar-refractivity contribution in [2.45, 2.75) is 6.54 Å². The molecule has 0 fully saturated rings. The van der Waals surface area contributed by atoms with E-state index in [2.05, 4.69) is 27.5 Å². The molecule has 5 rings (SSSR count). The smallest absolute Gasteiger partial charge is 0.162 e. The molecular weight excluding hydrogens is 488 g/mol. The molecule has 2 aromatic heterocycles. The fourth-order valence-corrected chi connectivity index (χ4v) is 4.60. The molecule has 0 aliphatic carbocycles. The number of sulfone groups is 1. The molecule has 0 amide bonds. The Bertz CT molecular complexity index is 1650. The summed E-state index contributed by atoms with van der Waals surface area (Å²) >= 11 is 0. The number of rotatable bonds is 10. The lowest BCUT2D eigenvalue weighted by Gasteiger charge is -2.10. The number of hydrogen-bond donors (Lipinski definition) is 2. The first kappa shape index (κ1) is 24.7. The zero-order valence-electron chi connectivity index (χ0n) is 20.5. The molecule has 10 heteroatoms. The van der Waals surface area contributed by atoms with Gasteiger partial charge in [0.1, 0.15) is 28.0 Å². The van der Waals surface area contributed by atoms with Gasteiger partial charge in [0.15, 0.2) is 5.82 Å². The zero-order valence-corrected chi connectivity index (χ0v) is 21.3. The molecule has 0 saturated carbocycles. The van der Waals surface area contributed by atoms with Gasteiger partial charge in [0, 0.05) is 35.7 Å². The van der Waals surface area contributed by atoms with Crippen LogP contribution in [-0.2, 0) is 16.4 Å². The van der Waals surface area contributed by atoms with Crippen LogP contribution in [0, 0.1) is 0 Å². The van der Waals surface area contributed by atoms with Crippen LogP contribution in [0.15, 0.2) is 72.9 Å². The number of fused-ring (bicyclic) bond motifs is 2. The molecule has 0 unspecified atom stereocenters. The minimum Gasteiger partial charge on any atom is -0.492 e. The van der Waals surface area contributed by atoms with E-state index in [4.69, 9.17) is 15.5 Å². The number of nitrogens with one attached hydrogen (secondary N) is 1. The summed E-state index contributed by atoms with van der Waals surface area (Å²) in [5.41, 5.74) is 10.1. The summed E-state index contributed by atoms with van der Waals surface area (Å²) in [6, 6.07) is 21.8. The van der Waals surface area contributed by atoms with Crippen molar-refractivity contribution in [1.82, 2.24) is 25.1 Å². The van der Waals surface area contributed by atoms with Crippen LogP contribution in [0.4, 0.5) is 5.82 Å². The number of nitrogens with zero attached hydrogens (tertiary/aromatic N) is 4. The largest absolute Gasteiger partial charge is 0.492 e. The van der Waals surface area contributed by atoms with E-state index in [9.17, 15) is 8.42 Å². The zero-order chi connectivity index (χ0) is 25.8. The summed E-state index contributed by atoms with van der Waals surface area (Å²) in [5, 5.41) is 9.33. The maximum atomic E-state index is 11.2. The Morgan fingerprint density at radius 3 is 2.65 bits per heavy atom. The first-order valence-electron chi connectivity index (χ1n) is 11.9. The average molecular weight is 517 g/mol. The molecule has 190 valence electrons. The van der Waals surface area contributed by atoms with Gasteiger partial charge in [-0.2, -0.15) is 5.10 Å². The van der Waals surface area contributed by atoms with Gasteiger partial charge >= 0.3 is 0 Å². The number of hydrogen-bond acceptors (Lipinski definition) is 8. The van der Waals surface area contributed by atoms with Gasteiger partial charge in [0.25, 0.3) is 0 Å². The molecule has 37 heavy (non-hydrogen) atoms. The highest BCUT2D eigenvalue weighted by Crippen LogP contribution is 2.28. The van der Waals surface area contributed by atoms with Crippen LogP contribution in [0.25, 0.3) is 33.2 Å². The molecule has 3 aromatic carbocycles. The summed E-state index contributed by atoms with van der Waals surface area (Å²) in [6.45, 7) is 2.02. The fraction of sp³-hybridized carbons (Fsp3) is 0.222. The molecule has 0 aliphatic heterocycles. The lowest BCUT2D eigenvalue weighted by molar-refractivity contribution is 0.316. The van der Waals surface area contributed by atoms with Crippen molar-refractivity contribution in [3.05, 3.63) is 78.5 Å². The first-order valence-corrected chi connectivity index (χ1v) is 14.0. The van der Waals surface area contributed by atoms with E-state index in [-0.39, 0.29) is 5.75 Å². The quantitative estimate of drug-likeness (QED) is 0.271. The monoisotopic (exact) mass is 516 g/mol. The van der Waals surface area contributed by atoms with Crippen LogP contribution in [0.3, 0.4) is 0 Å². The summed E-state index contributed by atoms with van der Waals surface area (Å²) in [7, 11) is -2.97. The molecule has 0 spiro atoms. The van der Waals surface area contributed by atoms with Gasteiger partial charge in [-0.1, -0.05) is 30.3 Å². The van der Waals surface area contributed by atoms with Crippen molar-refractivity contribution in [2.24, 2.45) is 0 Å². The normalized spacial score (nSPS) is 11.8. The summed E-state index contributed by atoms with van der Waals surface area (Å²) in [6.07, 6.45) is 3.07. The molecule has 0 bridgehead atoms. The maximum Gasteiger partial charge on any atom is 0.162 e. The van der Waals surface area contributed by atoms with Crippen LogP contribution in [0.1, 0.15) is 5.56 Å². The van der Waals surface area contributed by atoms with Crippen molar-refractivity contribution in [3.63, 3.8) is 0 Å². The number of nitrogens with two attached hydrogens (primary N) is 1. The van der Waals surface area contributed by atoms with Gasteiger partial charge in [0.05, 0.1) is 29.5 Å². The third-order valence-electron chi connectivity index (χ3n) is 5.97. The number of anilines is 1. The predicted molar refractivity (Wildman–Crippen MR) is 146 cm³/mol. The Morgan fingerprint density at radius 2 is 1.84 bits per heavy atom. The summed E-state index contributed by atoms with van der Waals surface area (Å²) < 4.78 is 30.1. The Labute approximate surface area is 215 Å². The van der Waals surface area contributed by atoms with Gasteiger partial charge in [-0.05, 0) is 42.0 Å². The molecule has 0 radical (unpaired) electrons. The lowest BCUT2D eigenvalue weighted by Crippen LogP contribution is -2.26. The Kier molecular flexibility index (Phi) is 7.02. The molecule has 9 nitrogen and oxygen atoms in total. The number of ether oxygens (including phenoxy) is 1. The highest BCUT2D eigenvalue weighted by molar-refractivity contribution is 7.90. The van der Waals surface area contributed by atoms with Crippen LogP contribution in [-0.4, -0.2) is 59.9 Å². The standard InChI is InChI=1S/C27H28N6O3S/c1-37(34,35)14-12-29-11-13-36-22-8-9-24-23(16-22)26(28)32-27(31-24)20-7-10-25-21(15-20)17-30-33(25)18-19-5-3-2-4-6-19/h2-10,15-17,29H,11-14,18H2,1H3,(H2,28,31,32). The van der Waals surface area contributed by atoms with Crippen molar-refractivity contribution >= 4 is 37.5 Å². The van der Waals surface area contributed by atoms with Crippen molar-refractivity contribution in [1.29, 1.82) is 0 Å². The van der Waals surface area contributed by atoms with E-state index >= 15 is 0 Å². The Balaban J connectivity index is 1.29. The summed E-state index contributed by atoms with van der Waals surface area (Å²) in [4.78, 5) is 9.28. The van der Waals surface area contributed by atoms with Gasteiger partial charge in [-0.3, -0.25) is 4.68 Å². The number of nitrogen functional groups attached to an aromatic ring is 1. The number of aromatic nitrogens is 4. The van der Waals surface area contributed by atoms with Crippen LogP contribution in [0.5, 0.6) is 5.75 Å². The second-order valence-corrected chi connectivity index (χ2v) is 11.2. The highest BCUT2D eigenvalue weighted by Gasteiger charge is 2.11. The second-order valence-electron chi connectivity index (χ2n) is 8.90. The van der Waals surface area contributed by atoms with E-state index in [1.165, 1.54) is 11.8 Å². The SMILES string of the molecule is CS(=O)(=O)CCNCCOc1ccc2nc(-c3ccc4c(cnn4Cc4ccccc4)c3)nc(N)c2c1. The third kappa shape index (κ3) is 6.04. The van der Waals surface area contributed by atoms with Gasteiger partial charge in [-0.15, -0.1) is 0 Å². The Hall–Kier alpha value is -4.02. The van der Waals surface area contributed by atoms with E-state index in [1.807, 2.05) is 65.5 Å². The molecule has 2 heterocycles. The van der Waals surface area contributed by atoms with E-state index in [0.29, 0.717) is 49.0 Å². The molecule has 0 atom stereocenters. The van der Waals surface area contributed by atoms with Gasteiger partial charge in [0.2, 0.25) is 0 Å². The second kappa shape index (κ2) is 10.5. The molecule has 5 aromatic rings. The topological polar surface area (TPSA) is 125 Å². The van der Waals surface area contributed by atoms with Crippen LogP contribution >= 0.6 is 0 Å². The average Bonchev–Trinajstić information content (AvgIpc) is 3.28. The van der Waals surface area contributed by atoms with Crippen LogP contribution < -0.4 is 15.8 Å². The van der Waals surface area contributed by atoms with Crippen molar-refractivity contribution < 1.29 is 13.2 Å². The fourth-order valence-electron chi connectivity index (χ4n) is 4.08. The van der Waals surface area contributed by atoms with E-state index in [0.717, 1.165) is 22.0 Å². The highest BCUT2D eigenvalue weighted by atomic mass is 32.2. The third-order valence-corrected chi connectivity index (χ3v) is 6.91. The minimum atomic E-state index is -2.97. The van der Waals surface area contributed by atoms with Gasteiger partial charge in [-0.25, -0.2) is 18.4 Å².